The van der Waals surface area contributed by atoms with Gasteiger partial charge in [-0.3, -0.25) is 0 Å². The van der Waals surface area contributed by atoms with Gasteiger partial charge in [-0.25, -0.2) is 24.0 Å². The van der Waals surface area contributed by atoms with E-state index in [1.165, 1.54) is 13.2 Å². The van der Waals surface area contributed by atoms with Crippen LogP contribution < -0.4 is 4.74 Å². The summed E-state index contributed by atoms with van der Waals surface area (Å²) in [5.41, 5.74) is 4.24. The van der Waals surface area contributed by atoms with Gasteiger partial charge in [-0.15, -0.1) is 0 Å². The number of hydrogen-bond donors (Lipinski definition) is 1. The molecular weight excluding hydrogens is 565 g/mol. The lowest BCUT2D eigenvalue weighted by atomic mass is 9.86. The average Bonchev–Trinajstić information content (AvgIpc) is 3.41. The van der Waals surface area contributed by atoms with Crippen molar-refractivity contribution in [3.05, 3.63) is 76.2 Å². The minimum Gasteiger partial charge on any atom is -0.490 e. The van der Waals surface area contributed by atoms with E-state index in [4.69, 9.17) is 23.9 Å². The maximum atomic E-state index is 15.6. The Hall–Kier alpha value is -4.57. The van der Waals surface area contributed by atoms with Crippen LogP contribution in [0, 0.1) is 19.7 Å². The number of hydrogen-bond acceptors (Lipinski definition) is 8. The van der Waals surface area contributed by atoms with Crippen LogP contribution in [0.15, 0.2) is 47.5 Å². The highest BCUT2D eigenvalue weighted by atomic mass is 19.1. The van der Waals surface area contributed by atoms with Crippen molar-refractivity contribution in [3.8, 4) is 16.9 Å². The number of carbonyl (C=O) groups excluding carboxylic acids is 2. The van der Waals surface area contributed by atoms with Gasteiger partial charge in [-0.05, 0) is 76.3 Å². The molecule has 9 nitrogen and oxygen atoms in total. The molecule has 0 bridgehead atoms. The number of H-pyrrole nitrogens is 1. The number of pyridine rings is 1. The third-order valence-corrected chi connectivity index (χ3v) is 7.38. The van der Waals surface area contributed by atoms with Gasteiger partial charge in [0.2, 0.25) is 0 Å². The number of aliphatic imine (C=N–C) groups is 1. The number of benzene rings is 2. The predicted octanol–water partition coefficient (Wildman–Crippen LogP) is 6.79. The fraction of sp³-hybridized carbons (Fsp3) is 0.353. The summed E-state index contributed by atoms with van der Waals surface area (Å²) in [5, 5.41) is 0.570. The number of ether oxygens (including phenoxy) is 4. The van der Waals surface area contributed by atoms with Gasteiger partial charge < -0.3 is 23.9 Å². The summed E-state index contributed by atoms with van der Waals surface area (Å²) in [6, 6.07) is 12.5. The number of nitrogens with zero attached hydrogens (tertiary/aromatic N) is 2. The fourth-order valence-electron chi connectivity index (χ4n) is 5.43. The fourth-order valence-corrected chi connectivity index (χ4v) is 5.43. The molecule has 0 saturated carbocycles. The maximum Gasteiger partial charge on any atom is 0.349 e. The van der Waals surface area contributed by atoms with Gasteiger partial charge in [-0.1, -0.05) is 30.3 Å². The van der Waals surface area contributed by atoms with Gasteiger partial charge in [0.15, 0.2) is 17.7 Å². The van der Waals surface area contributed by atoms with Crippen molar-refractivity contribution < 1.29 is 32.9 Å². The lowest BCUT2D eigenvalue weighted by molar-refractivity contribution is -0.164. The number of aromatic amines is 1. The molecule has 1 unspecified atom stereocenters. The average molecular weight is 602 g/mol. The topological polar surface area (TPSA) is 112 Å². The van der Waals surface area contributed by atoms with Crippen LogP contribution in [0.4, 0.5) is 10.2 Å². The Bertz CT molecular complexity index is 1740. The van der Waals surface area contributed by atoms with Crippen LogP contribution in [0.1, 0.15) is 61.2 Å². The van der Waals surface area contributed by atoms with Crippen molar-refractivity contribution in [2.75, 3.05) is 13.7 Å². The number of methoxy groups -OCH3 is 1. The Kier molecular flexibility index (Phi) is 8.82. The zero-order valence-electron chi connectivity index (χ0n) is 25.7. The SMILES string of the molecule is COC(=O)C(OC(C)(C)C)c1c(C)nc2[nH]c(N=CC(=O)OCc3ccccc3)cc2c1-c1cc(F)c2c(c1C)CCCO2. The Morgan fingerprint density at radius 1 is 1.18 bits per heavy atom. The first-order valence-electron chi connectivity index (χ1n) is 14.5. The van der Waals surface area contributed by atoms with Crippen LogP contribution in [-0.2, 0) is 36.8 Å². The molecule has 1 aliphatic heterocycles. The molecule has 2 aromatic heterocycles. The van der Waals surface area contributed by atoms with Crippen LogP contribution >= 0.6 is 0 Å². The molecule has 0 radical (unpaired) electrons. The van der Waals surface area contributed by atoms with E-state index >= 15 is 4.39 Å². The molecule has 44 heavy (non-hydrogen) atoms. The van der Waals surface area contributed by atoms with Crippen molar-refractivity contribution in [1.82, 2.24) is 9.97 Å². The van der Waals surface area contributed by atoms with E-state index in [-0.39, 0.29) is 12.4 Å². The van der Waals surface area contributed by atoms with Gasteiger partial charge in [0, 0.05) is 27.8 Å². The third kappa shape index (κ3) is 6.50. The highest BCUT2D eigenvalue weighted by molar-refractivity contribution is 6.23. The van der Waals surface area contributed by atoms with E-state index in [1.807, 2.05) is 58.0 Å². The van der Waals surface area contributed by atoms with Crippen LogP contribution in [0.3, 0.4) is 0 Å². The van der Waals surface area contributed by atoms with Crippen molar-refractivity contribution in [2.45, 2.75) is 65.8 Å². The molecule has 10 heteroatoms. The van der Waals surface area contributed by atoms with E-state index < -0.39 is 29.5 Å². The third-order valence-electron chi connectivity index (χ3n) is 7.38. The highest BCUT2D eigenvalue weighted by Crippen LogP contribution is 2.45. The molecule has 2 aromatic carbocycles. The summed E-state index contributed by atoms with van der Waals surface area (Å²) in [5.74, 6) is -1.14. The Morgan fingerprint density at radius 3 is 2.64 bits per heavy atom. The number of fused-ring (bicyclic) bond motifs is 2. The lowest BCUT2D eigenvalue weighted by Gasteiger charge is -2.29. The maximum absolute atomic E-state index is 15.6. The number of rotatable bonds is 8. The molecule has 0 fully saturated rings. The predicted molar refractivity (Wildman–Crippen MR) is 165 cm³/mol. The Balaban J connectivity index is 1.65. The molecule has 1 atom stereocenters. The zero-order chi connectivity index (χ0) is 31.6. The molecule has 3 heterocycles. The number of halogens is 1. The second kappa shape index (κ2) is 12.6. The summed E-state index contributed by atoms with van der Waals surface area (Å²) in [4.78, 5) is 37.9. The second-order valence-corrected chi connectivity index (χ2v) is 11.7. The number of aromatic nitrogens is 2. The number of nitrogens with one attached hydrogen (secondary N) is 1. The largest absolute Gasteiger partial charge is 0.490 e. The second-order valence-electron chi connectivity index (χ2n) is 11.7. The minimum absolute atomic E-state index is 0.113. The van der Waals surface area contributed by atoms with E-state index in [2.05, 4.69) is 9.98 Å². The van der Waals surface area contributed by atoms with E-state index in [0.29, 0.717) is 52.3 Å². The van der Waals surface area contributed by atoms with Crippen LogP contribution in [-0.4, -0.2) is 47.4 Å². The lowest BCUT2D eigenvalue weighted by Crippen LogP contribution is -2.29. The number of esters is 2. The standard InChI is InChI=1S/C34H36FN3O6/c1-19-22-13-10-14-42-30(22)25(35)15-23(19)29-24-16-26(36-17-27(39)43-18-21-11-8-7-9-12-21)38-32(24)37-20(2)28(29)31(33(40)41-6)44-34(3,4)5/h7-9,11-12,15-17,31H,10,13-14,18H2,1-6H3,(H,37,38). The van der Waals surface area contributed by atoms with Crippen molar-refractivity contribution in [2.24, 2.45) is 4.99 Å². The molecule has 0 spiro atoms. The van der Waals surface area contributed by atoms with Gasteiger partial charge in [0.1, 0.15) is 24.3 Å². The molecule has 0 aliphatic carbocycles. The van der Waals surface area contributed by atoms with E-state index in [9.17, 15) is 9.59 Å². The molecule has 5 rings (SSSR count). The summed E-state index contributed by atoms with van der Waals surface area (Å²) in [6.07, 6.45) is 1.34. The normalized spacial score (nSPS) is 13.9. The molecular formula is C34H36FN3O6. The van der Waals surface area contributed by atoms with Crippen LogP contribution in [0.5, 0.6) is 5.75 Å². The highest BCUT2D eigenvalue weighted by Gasteiger charge is 2.35. The van der Waals surface area contributed by atoms with Gasteiger partial charge in [0.05, 0.1) is 19.3 Å². The summed E-state index contributed by atoms with van der Waals surface area (Å²) in [6.45, 7) is 9.75. The molecule has 230 valence electrons. The molecule has 1 N–H and O–H groups in total. The first-order chi connectivity index (χ1) is 21.0. The molecule has 0 amide bonds. The number of aryl methyl sites for hydroxylation is 1. The molecule has 0 saturated heterocycles. The zero-order valence-corrected chi connectivity index (χ0v) is 25.7. The first-order valence-corrected chi connectivity index (χ1v) is 14.5. The van der Waals surface area contributed by atoms with E-state index in [1.54, 1.807) is 13.0 Å². The summed E-state index contributed by atoms with van der Waals surface area (Å²) >= 11 is 0. The van der Waals surface area contributed by atoms with Crippen molar-refractivity contribution in [3.63, 3.8) is 0 Å². The summed E-state index contributed by atoms with van der Waals surface area (Å²) in [7, 11) is 1.30. The Morgan fingerprint density at radius 2 is 1.93 bits per heavy atom. The van der Waals surface area contributed by atoms with Crippen LogP contribution in [0.2, 0.25) is 0 Å². The van der Waals surface area contributed by atoms with Gasteiger partial charge in [0.25, 0.3) is 0 Å². The van der Waals surface area contributed by atoms with Gasteiger partial charge >= 0.3 is 11.9 Å². The number of carbonyl (C=O) groups is 2. The molecule has 1 aliphatic rings. The van der Waals surface area contributed by atoms with Crippen molar-refractivity contribution in [1.29, 1.82) is 0 Å². The van der Waals surface area contributed by atoms with Gasteiger partial charge in [-0.2, -0.15) is 0 Å². The molecule has 4 aromatic rings. The quantitative estimate of drug-likeness (QED) is 0.175. The van der Waals surface area contributed by atoms with Crippen LogP contribution in [0.25, 0.3) is 22.2 Å². The summed E-state index contributed by atoms with van der Waals surface area (Å²) < 4.78 is 38.0. The smallest absolute Gasteiger partial charge is 0.349 e. The van der Waals surface area contributed by atoms with E-state index in [0.717, 1.165) is 29.3 Å². The Labute approximate surface area is 255 Å². The first kappa shape index (κ1) is 30.9. The monoisotopic (exact) mass is 601 g/mol. The van der Waals surface area contributed by atoms with Crippen molar-refractivity contribution >= 4 is 35.0 Å². The minimum atomic E-state index is -1.16.